The first kappa shape index (κ1) is 22.6. The second-order valence-corrected chi connectivity index (χ2v) is 10.3. The van der Waals surface area contributed by atoms with Gasteiger partial charge in [0.2, 0.25) is 0 Å². The zero-order chi connectivity index (χ0) is 26.6. The van der Waals surface area contributed by atoms with Crippen molar-refractivity contribution in [3.63, 3.8) is 0 Å². The summed E-state index contributed by atoms with van der Waals surface area (Å²) in [5.41, 5.74) is 7.95. The van der Waals surface area contributed by atoms with E-state index in [1.807, 2.05) is 12.1 Å². The van der Waals surface area contributed by atoms with Gasteiger partial charge in [-0.25, -0.2) is 0 Å². The topological polar surface area (TPSA) is 46.0 Å². The predicted octanol–water partition coefficient (Wildman–Crippen LogP) is 8.82. The minimum Gasteiger partial charge on any atom is -0.332 e. The summed E-state index contributed by atoms with van der Waals surface area (Å²) in [5, 5.41) is 15.1. The van der Waals surface area contributed by atoms with Crippen molar-refractivity contribution >= 4 is 55.5 Å². The molecule has 0 saturated carbocycles. The van der Waals surface area contributed by atoms with Crippen molar-refractivity contribution in [1.29, 1.82) is 5.26 Å². The molecule has 1 atom stereocenters. The first-order valence-corrected chi connectivity index (χ1v) is 13.6. The van der Waals surface area contributed by atoms with Crippen LogP contribution in [0.5, 0.6) is 0 Å². The van der Waals surface area contributed by atoms with E-state index in [1.165, 1.54) is 32.6 Å². The summed E-state index contributed by atoms with van der Waals surface area (Å²) in [6.45, 7) is 0. The summed E-state index contributed by atoms with van der Waals surface area (Å²) < 4.78 is 4.67. The summed E-state index contributed by atoms with van der Waals surface area (Å²) in [5.74, 6) is 0. The van der Waals surface area contributed by atoms with Crippen LogP contribution in [0.25, 0.3) is 55.0 Å². The van der Waals surface area contributed by atoms with E-state index in [0.29, 0.717) is 5.56 Å². The van der Waals surface area contributed by atoms with Gasteiger partial charge in [0.1, 0.15) is 0 Å². The number of para-hydroxylation sites is 4. The van der Waals surface area contributed by atoms with Gasteiger partial charge in [0, 0.05) is 44.4 Å². The molecule has 4 heteroatoms. The molecule has 1 aliphatic rings. The molecule has 4 nitrogen and oxygen atoms in total. The Balaban J connectivity index is 1.29. The van der Waals surface area contributed by atoms with Crippen molar-refractivity contribution < 1.29 is 0 Å². The van der Waals surface area contributed by atoms with Gasteiger partial charge in [0.15, 0.2) is 0 Å². The van der Waals surface area contributed by atoms with Gasteiger partial charge in [-0.05, 0) is 42.8 Å². The number of benzene rings is 5. The number of aromatic nitrogens is 2. The minimum absolute atomic E-state index is 0.0829. The molecule has 0 bridgehead atoms. The monoisotopic (exact) mass is 512 g/mol. The zero-order valence-electron chi connectivity index (χ0n) is 21.7. The number of nitriles is 1. The van der Waals surface area contributed by atoms with Crippen molar-refractivity contribution in [1.82, 2.24) is 9.13 Å². The number of hydrogen-bond acceptors (Lipinski definition) is 2. The average molecular weight is 513 g/mol. The van der Waals surface area contributed by atoms with Crippen LogP contribution in [0.1, 0.15) is 23.6 Å². The standard InChI is InChI=1S/C36H24N4/c37-22-24-10-9-19-35(40-33-17-7-3-13-28(33)29-14-4-8-18-34(29)40)36(24)30-21-20-25(23-38-30)39-31-15-5-1-11-26(31)27-12-2-6-16-32(27)39/h1-19,21,23,25H,20H2. The highest BCUT2D eigenvalue weighted by Gasteiger charge is 2.23. The van der Waals surface area contributed by atoms with Crippen molar-refractivity contribution in [2.75, 3.05) is 0 Å². The summed E-state index contributed by atoms with van der Waals surface area (Å²) in [6, 6.07) is 42.6. The largest absolute Gasteiger partial charge is 0.332 e. The fraction of sp³-hybridized carbons (Fsp3) is 0.0556. The molecule has 0 fully saturated rings. The fourth-order valence-corrected chi connectivity index (χ4v) is 6.43. The van der Waals surface area contributed by atoms with Crippen LogP contribution in [0.3, 0.4) is 0 Å². The van der Waals surface area contributed by atoms with Crippen molar-refractivity contribution in [3.05, 3.63) is 132 Å². The quantitative estimate of drug-likeness (QED) is 0.233. The third-order valence-electron chi connectivity index (χ3n) is 8.13. The lowest BCUT2D eigenvalue weighted by Gasteiger charge is -2.22. The third kappa shape index (κ3) is 3.22. The second kappa shape index (κ2) is 8.83. The Morgan fingerprint density at radius 3 is 1.68 bits per heavy atom. The van der Waals surface area contributed by atoms with Crippen LogP contribution >= 0.6 is 0 Å². The SMILES string of the molecule is N#Cc1cccc(-n2c3ccccc3c3ccccc32)c1C1=CCC(n2c3ccccc3c3ccccc32)C=N1. The van der Waals surface area contributed by atoms with Crippen molar-refractivity contribution in [2.45, 2.75) is 12.5 Å². The molecule has 8 rings (SSSR count). The zero-order valence-corrected chi connectivity index (χ0v) is 21.7. The van der Waals surface area contributed by atoms with Gasteiger partial charge in [-0.15, -0.1) is 0 Å². The maximum absolute atomic E-state index is 10.2. The number of rotatable bonds is 3. The molecule has 0 spiro atoms. The molecule has 40 heavy (non-hydrogen) atoms. The first-order chi connectivity index (χ1) is 19.8. The molecule has 188 valence electrons. The highest BCUT2D eigenvalue weighted by molar-refractivity contribution is 6.10. The Morgan fingerprint density at radius 2 is 1.15 bits per heavy atom. The summed E-state index contributed by atoms with van der Waals surface area (Å²) in [4.78, 5) is 5.04. The average Bonchev–Trinajstić information content (AvgIpc) is 3.54. The number of hydrogen-bond donors (Lipinski definition) is 0. The molecule has 7 aromatic rings. The number of aliphatic imine (C=N–C) groups is 1. The van der Waals surface area contributed by atoms with E-state index in [2.05, 4.69) is 131 Å². The molecule has 0 N–H and O–H groups in total. The minimum atomic E-state index is 0.0829. The van der Waals surface area contributed by atoms with Gasteiger partial charge in [0.05, 0.1) is 40.1 Å². The molecule has 0 saturated heterocycles. The molecule has 2 aromatic heterocycles. The van der Waals surface area contributed by atoms with Crippen molar-refractivity contribution in [3.8, 4) is 11.8 Å². The predicted molar refractivity (Wildman–Crippen MR) is 165 cm³/mol. The van der Waals surface area contributed by atoms with Crippen molar-refractivity contribution in [2.24, 2.45) is 4.99 Å². The number of fused-ring (bicyclic) bond motifs is 6. The lowest BCUT2D eigenvalue weighted by molar-refractivity contribution is 0.697. The highest BCUT2D eigenvalue weighted by Crippen LogP contribution is 2.39. The Bertz CT molecular complexity index is 2110. The van der Waals surface area contributed by atoms with Crippen LogP contribution in [0.2, 0.25) is 0 Å². The molecular weight excluding hydrogens is 488 g/mol. The third-order valence-corrected chi connectivity index (χ3v) is 8.13. The highest BCUT2D eigenvalue weighted by atomic mass is 15.0. The molecule has 5 aromatic carbocycles. The van der Waals surface area contributed by atoms with Crippen LogP contribution in [0.15, 0.2) is 126 Å². The Hall–Kier alpha value is -5.40. The maximum atomic E-state index is 10.2. The van der Waals surface area contributed by atoms with Crippen LogP contribution in [-0.4, -0.2) is 15.3 Å². The lowest BCUT2D eigenvalue weighted by atomic mass is 9.99. The van der Waals surface area contributed by atoms with Gasteiger partial charge in [0.25, 0.3) is 0 Å². The van der Waals surface area contributed by atoms with E-state index in [9.17, 15) is 5.26 Å². The van der Waals surface area contributed by atoms with Gasteiger partial charge >= 0.3 is 0 Å². The molecule has 1 aliphatic heterocycles. The Kier molecular flexibility index (Phi) is 4.98. The van der Waals surface area contributed by atoms with Gasteiger partial charge < -0.3 is 9.13 Å². The summed E-state index contributed by atoms with van der Waals surface area (Å²) >= 11 is 0. The van der Waals surface area contributed by atoms with Crippen LogP contribution < -0.4 is 0 Å². The smallest absolute Gasteiger partial charge is 0.0999 e. The first-order valence-electron chi connectivity index (χ1n) is 13.6. The van der Waals surface area contributed by atoms with Crippen LogP contribution in [0.4, 0.5) is 0 Å². The summed E-state index contributed by atoms with van der Waals surface area (Å²) in [7, 11) is 0. The lowest BCUT2D eigenvalue weighted by Crippen LogP contribution is -2.13. The Labute approximate surface area is 231 Å². The molecule has 1 unspecified atom stereocenters. The second-order valence-electron chi connectivity index (χ2n) is 10.3. The normalized spacial score (nSPS) is 15.2. The Morgan fingerprint density at radius 1 is 0.625 bits per heavy atom. The van der Waals surface area contributed by atoms with E-state index < -0.39 is 0 Å². The van der Waals surface area contributed by atoms with E-state index in [-0.39, 0.29) is 6.04 Å². The molecule has 0 amide bonds. The molecule has 0 aliphatic carbocycles. The fourth-order valence-electron chi connectivity index (χ4n) is 6.43. The molecule has 3 heterocycles. The van der Waals surface area contributed by atoms with Gasteiger partial charge in [-0.1, -0.05) is 84.9 Å². The van der Waals surface area contributed by atoms with E-state index in [0.717, 1.165) is 34.4 Å². The summed E-state index contributed by atoms with van der Waals surface area (Å²) in [6.07, 6.45) is 5.04. The van der Waals surface area contributed by atoms with Crippen LogP contribution in [0, 0.1) is 11.3 Å². The number of nitrogens with zero attached hydrogens (tertiary/aromatic N) is 4. The molecular formula is C36H24N4. The van der Waals surface area contributed by atoms with Gasteiger partial charge in [-0.2, -0.15) is 5.26 Å². The van der Waals surface area contributed by atoms with Gasteiger partial charge in [-0.3, -0.25) is 4.99 Å². The van der Waals surface area contributed by atoms with E-state index in [4.69, 9.17) is 4.99 Å². The van der Waals surface area contributed by atoms with Crippen LogP contribution in [-0.2, 0) is 0 Å². The number of allylic oxidation sites excluding steroid dienone is 1. The molecule has 0 radical (unpaired) electrons. The van der Waals surface area contributed by atoms with E-state index >= 15 is 0 Å². The maximum Gasteiger partial charge on any atom is 0.0999 e. The van der Waals surface area contributed by atoms with E-state index in [1.54, 1.807) is 0 Å².